The van der Waals surface area contributed by atoms with Crippen molar-refractivity contribution in [2.45, 2.75) is 26.7 Å². The molecule has 0 radical (unpaired) electrons. The lowest BCUT2D eigenvalue weighted by Crippen LogP contribution is -2.30. The summed E-state index contributed by atoms with van der Waals surface area (Å²) in [5.41, 5.74) is 4.12. The van der Waals surface area contributed by atoms with Gasteiger partial charge in [0.25, 0.3) is 11.5 Å². The molecule has 0 saturated carbocycles. The number of aliphatic hydroxyl groups excluding tert-OH is 1. The number of amides is 1. The van der Waals surface area contributed by atoms with Gasteiger partial charge in [-0.2, -0.15) is 0 Å². The molecular formula is C19H24FN3O4. The zero-order chi connectivity index (χ0) is 20.0. The van der Waals surface area contributed by atoms with Crippen LogP contribution in [0.25, 0.3) is 0 Å². The van der Waals surface area contributed by atoms with E-state index in [1.165, 1.54) is 16.8 Å². The number of rotatable bonds is 7. The number of nitrogens with one attached hydrogen (secondary N) is 2. The summed E-state index contributed by atoms with van der Waals surface area (Å²) in [6.45, 7) is 3.48. The summed E-state index contributed by atoms with van der Waals surface area (Å²) in [4.78, 5) is 29.8. The van der Waals surface area contributed by atoms with E-state index in [-0.39, 0.29) is 36.6 Å². The minimum atomic E-state index is -0.550. The average Bonchev–Trinajstić information content (AvgIpc) is 2.78. The molecule has 1 aliphatic rings. The van der Waals surface area contributed by atoms with E-state index in [0.717, 1.165) is 5.57 Å². The first kappa shape index (κ1) is 20.6. The Morgan fingerprint density at radius 2 is 2.11 bits per heavy atom. The molecule has 0 fully saturated rings. The summed E-state index contributed by atoms with van der Waals surface area (Å²) in [7, 11) is 1.54. The first-order valence-corrected chi connectivity index (χ1v) is 8.57. The molecule has 146 valence electrons. The molecule has 0 saturated heterocycles. The van der Waals surface area contributed by atoms with Crippen LogP contribution in [-0.4, -0.2) is 28.8 Å². The predicted octanol–water partition coefficient (Wildman–Crippen LogP) is 2.24. The molecule has 3 N–H and O–H groups in total. The third-order valence-electron chi connectivity index (χ3n) is 4.00. The molecule has 0 unspecified atom stereocenters. The van der Waals surface area contributed by atoms with Gasteiger partial charge in [0, 0.05) is 37.5 Å². The van der Waals surface area contributed by atoms with Crippen molar-refractivity contribution in [1.29, 1.82) is 0 Å². The number of anilines is 1. The fourth-order valence-electron chi connectivity index (χ4n) is 2.60. The molecule has 8 heteroatoms. The number of carbonyl (C=O) groups is 1. The standard InChI is InChI=1S/C19H24FN3O4/c1-12-5-6-15(10-14(20)9-12)21-17-13(2)19(26)23(3)11-16(17)18(25)22-27-8-4-7-24/h5-6,9,11,21,24H,4,7-8,10H2,1-3H3,(H,22,25). The van der Waals surface area contributed by atoms with Crippen molar-refractivity contribution >= 4 is 11.6 Å². The quantitative estimate of drug-likeness (QED) is 0.501. The number of aliphatic hydroxyl groups is 1. The van der Waals surface area contributed by atoms with E-state index in [2.05, 4.69) is 10.8 Å². The Labute approximate surface area is 156 Å². The smallest absolute Gasteiger partial charge is 0.278 e. The fraction of sp³-hybridized carbons (Fsp3) is 0.368. The molecule has 1 amide bonds. The number of aryl methyl sites for hydroxylation is 1. The van der Waals surface area contributed by atoms with Crippen LogP contribution in [0.1, 0.15) is 35.7 Å². The van der Waals surface area contributed by atoms with Crippen LogP contribution in [0.3, 0.4) is 0 Å². The molecule has 1 aromatic rings. The summed E-state index contributed by atoms with van der Waals surface area (Å²) in [6, 6.07) is 0. The Morgan fingerprint density at radius 3 is 2.81 bits per heavy atom. The molecular weight excluding hydrogens is 353 g/mol. The lowest BCUT2D eigenvalue weighted by atomic mass is 10.1. The maximum atomic E-state index is 13.9. The number of aromatic nitrogens is 1. The van der Waals surface area contributed by atoms with Crippen molar-refractivity contribution in [2.75, 3.05) is 18.5 Å². The van der Waals surface area contributed by atoms with E-state index < -0.39 is 5.91 Å². The maximum Gasteiger partial charge on any atom is 0.278 e. The van der Waals surface area contributed by atoms with Gasteiger partial charge in [-0.3, -0.25) is 14.4 Å². The molecule has 0 aromatic carbocycles. The predicted molar refractivity (Wildman–Crippen MR) is 101 cm³/mol. The van der Waals surface area contributed by atoms with Crippen molar-refractivity contribution in [3.63, 3.8) is 0 Å². The minimum Gasteiger partial charge on any atom is -0.396 e. The number of carbonyl (C=O) groups excluding carboxylic acids is 1. The van der Waals surface area contributed by atoms with Crippen LogP contribution in [-0.2, 0) is 11.9 Å². The van der Waals surface area contributed by atoms with Crippen molar-refractivity contribution in [1.82, 2.24) is 10.0 Å². The number of pyridine rings is 1. The Balaban J connectivity index is 2.34. The van der Waals surface area contributed by atoms with Crippen molar-refractivity contribution in [2.24, 2.45) is 7.05 Å². The topological polar surface area (TPSA) is 92.6 Å². The molecule has 0 spiro atoms. The van der Waals surface area contributed by atoms with E-state index in [0.29, 0.717) is 23.4 Å². The van der Waals surface area contributed by atoms with Crippen molar-refractivity contribution in [3.05, 3.63) is 63.0 Å². The highest BCUT2D eigenvalue weighted by atomic mass is 19.1. The molecule has 1 heterocycles. The molecule has 0 bridgehead atoms. The van der Waals surface area contributed by atoms with Crippen LogP contribution in [0.5, 0.6) is 0 Å². The van der Waals surface area contributed by atoms with Gasteiger partial charge < -0.3 is 15.0 Å². The second-order valence-corrected chi connectivity index (χ2v) is 6.31. The molecule has 2 rings (SSSR count). The highest BCUT2D eigenvalue weighted by Gasteiger charge is 2.19. The number of allylic oxidation sites excluding steroid dienone is 5. The Kier molecular flexibility index (Phi) is 7.09. The van der Waals surface area contributed by atoms with Gasteiger partial charge in [0.1, 0.15) is 5.83 Å². The zero-order valence-electron chi connectivity index (χ0n) is 15.6. The normalized spacial score (nSPS) is 14.0. The molecule has 0 atom stereocenters. The SMILES string of the molecule is CC1=CC=C(Nc2c(C(=O)NOCCCO)cn(C)c(=O)c2C)CC(F)=C1. The maximum absolute atomic E-state index is 13.9. The van der Waals surface area contributed by atoms with Gasteiger partial charge in [0.2, 0.25) is 0 Å². The molecule has 1 aromatic heterocycles. The fourth-order valence-corrected chi connectivity index (χ4v) is 2.60. The number of nitrogens with zero attached hydrogens (tertiary/aromatic N) is 1. The van der Waals surface area contributed by atoms with E-state index in [4.69, 9.17) is 9.94 Å². The molecule has 0 aliphatic heterocycles. The lowest BCUT2D eigenvalue weighted by Gasteiger charge is -2.17. The van der Waals surface area contributed by atoms with E-state index in [9.17, 15) is 14.0 Å². The second-order valence-electron chi connectivity index (χ2n) is 6.31. The van der Waals surface area contributed by atoms with Crippen LogP contribution >= 0.6 is 0 Å². The Morgan fingerprint density at radius 1 is 1.37 bits per heavy atom. The lowest BCUT2D eigenvalue weighted by molar-refractivity contribution is 0.0262. The van der Waals surface area contributed by atoms with E-state index in [1.807, 2.05) is 0 Å². The summed E-state index contributed by atoms with van der Waals surface area (Å²) < 4.78 is 15.2. The third-order valence-corrected chi connectivity index (χ3v) is 4.00. The first-order chi connectivity index (χ1) is 12.8. The van der Waals surface area contributed by atoms with Crippen LogP contribution < -0.4 is 16.4 Å². The number of hydrogen-bond donors (Lipinski definition) is 3. The summed E-state index contributed by atoms with van der Waals surface area (Å²) in [5, 5.41) is 11.8. The van der Waals surface area contributed by atoms with E-state index in [1.54, 1.807) is 33.0 Å². The van der Waals surface area contributed by atoms with Gasteiger partial charge in [-0.15, -0.1) is 0 Å². The summed E-state index contributed by atoms with van der Waals surface area (Å²) in [6.07, 6.45) is 6.70. The minimum absolute atomic E-state index is 0.0244. The largest absolute Gasteiger partial charge is 0.396 e. The van der Waals surface area contributed by atoms with Crippen LogP contribution in [0, 0.1) is 6.92 Å². The van der Waals surface area contributed by atoms with Gasteiger partial charge in [-0.25, -0.2) is 9.87 Å². The van der Waals surface area contributed by atoms with Gasteiger partial charge in [0.15, 0.2) is 0 Å². The van der Waals surface area contributed by atoms with E-state index >= 15 is 0 Å². The van der Waals surface area contributed by atoms with Crippen molar-refractivity contribution in [3.8, 4) is 0 Å². The van der Waals surface area contributed by atoms with Crippen LogP contribution in [0.2, 0.25) is 0 Å². The van der Waals surface area contributed by atoms with Gasteiger partial charge in [-0.1, -0.05) is 6.08 Å². The summed E-state index contributed by atoms with van der Waals surface area (Å²) >= 11 is 0. The third kappa shape index (κ3) is 5.38. The molecule has 27 heavy (non-hydrogen) atoms. The molecule has 1 aliphatic carbocycles. The Hall–Kier alpha value is -2.71. The Bertz CT molecular complexity index is 868. The number of hydrogen-bond acceptors (Lipinski definition) is 5. The van der Waals surface area contributed by atoms with Crippen LogP contribution in [0.15, 0.2) is 46.3 Å². The highest BCUT2D eigenvalue weighted by molar-refractivity contribution is 5.99. The van der Waals surface area contributed by atoms with Gasteiger partial charge in [-0.05, 0) is 38.0 Å². The van der Waals surface area contributed by atoms with Gasteiger partial charge >= 0.3 is 0 Å². The second kappa shape index (κ2) is 9.29. The number of halogens is 1. The monoisotopic (exact) mass is 377 g/mol. The van der Waals surface area contributed by atoms with Crippen molar-refractivity contribution < 1.29 is 19.1 Å². The average molecular weight is 377 g/mol. The summed E-state index contributed by atoms with van der Waals surface area (Å²) in [5.74, 6) is -0.870. The number of hydroxylamine groups is 1. The van der Waals surface area contributed by atoms with Crippen LogP contribution in [0.4, 0.5) is 10.1 Å². The van der Waals surface area contributed by atoms with Gasteiger partial charge in [0.05, 0.1) is 17.9 Å². The molecule has 7 nitrogen and oxygen atoms in total. The zero-order valence-corrected chi connectivity index (χ0v) is 15.6. The highest BCUT2D eigenvalue weighted by Crippen LogP contribution is 2.25. The first-order valence-electron chi connectivity index (χ1n) is 8.57.